The van der Waals surface area contributed by atoms with Crippen LogP contribution in [0.1, 0.15) is 24.2 Å². The van der Waals surface area contributed by atoms with Gasteiger partial charge in [0.15, 0.2) is 29.3 Å². The van der Waals surface area contributed by atoms with E-state index in [2.05, 4.69) is 15.0 Å². The topological polar surface area (TPSA) is 134 Å². The molecule has 246 valence electrons. The van der Waals surface area contributed by atoms with Crippen molar-refractivity contribution >= 4 is 17.7 Å². The first kappa shape index (κ1) is 36.9. The molecule has 0 unspecified atom stereocenters. The zero-order valence-corrected chi connectivity index (χ0v) is 26.2. The second kappa shape index (κ2) is 24.0. The number of rotatable bonds is 13. The summed E-state index contributed by atoms with van der Waals surface area (Å²) in [4.78, 5) is 11.9. The molecule has 0 spiro atoms. The molecule has 1 heterocycles. The number of fused-ring (bicyclic) bond motifs is 1. The molecule has 1 aliphatic heterocycles. The lowest BCUT2D eigenvalue weighted by Gasteiger charge is -2.15. The molecule has 0 radical (unpaired) electrons. The van der Waals surface area contributed by atoms with Gasteiger partial charge in [-0.15, -0.1) is 5.11 Å². The summed E-state index contributed by atoms with van der Waals surface area (Å²) in [6.45, 7) is 9.80. The highest BCUT2D eigenvalue weighted by Gasteiger charge is 2.14. The van der Waals surface area contributed by atoms with E-state index in [9.17, 15) is 4.79 Å². The molecular weight excluding hydrogens is 576 g/mol. The molecule has 0 aliphatic carbocycles. The Morgan fingerprint density at radius 1 is 0.682 bits per heavy atom. The highest BCUT2D eigenvalue weighted by atomic mass is 16.6. The third-order valence-electron chi connectivity index (χ3n) is 5.51. The van der Waals surface area contributed by atoms with E-state index in [1.165, 1.54) is 0 Å². The summed E-state index contributed by atoms with van der Waals surface area (Å²) in [5.41, 5.74) is 1.13. The van der Waals surface area contributed by atoms with Crippen molar-refractivity contribution in [2.45, 2.75) is 13.8 Å². The van der Waals surface area contributed by atoms with Gasteiger partial charge < -0.3 is 47.4 Å². The van der Waals surface area contributed by atoms with Gasteiger partial charge in [0.25, 0.3) is 0 Å². The fraction of sp³-hybridized carbons (Fsp3) is 0.581. The van der Waals surface area contributed by atoms with Crippen LogP contribution in [0.15, 0.2) is 40.6 Å². The Morgan fingerprint density at radius 2 is 1.20 bits per heavy atom. The van der Waals surface area contributed by atoms with Crippen LogP contribution in [0.3, 0.4) is 0 Å². The summed E-state index contributed by atoms with van der Waals surface area (Å²) in [6.07, 6.45) is 0.698. The van der Waals surface area contributed by atoms with Gasteiger partial charge in [0.1, 0.15) is 32.1 Å². The fourth-order valence-electron chi connectivity index (χ4n) is 3.55. The SMILES string of the molecule is CCOCCOc1cc(C=O)c(N=Nc2ccc3c(c2)OCCOCCOCCOCCO3)cc1OCCOCC.COC. The molecule has 0 fully saturated rings. The smallest absolute Gasteiger partial charge is 0.163 e. The largest absolute Gasteiger partial charge is 0.487 e. The van der Waals surface area contributed by atoms with Crippen molar-refractivity contribution in [1.82, 2.24) is 0 Å². The van der Waals surface area contributed by atoms with Gasteiger partial charge in [0.05, 0.1) is 58.5 Å². The van der Waals surface area contributed by atoms with Crippen LogP contribution in [0.4, 0.5) is 11.4 Å². The standard InChI is InChI=1S/C29H40N2O10.C2H6O/c1-3-33-11-15-39-27-19-23(22-32)25(21-29(27)41-16-12-34-4-2)31-30-24-5-6-26-28(20-24)40-18-14-37-10-8-35-7-9-36-13-17-38-26;1-3-2/h5-6,19-22H,3-4,7-18H2,1-2H3;1-2H3. The zero-order chi connectivity index (χ0) is 31.7. The highest BCUT2D eigenvalue weighted by Crippen LogP contribution is 2.37. The minimum atomic E-state index is 0.298. The van der Waals surface area contributed by atoms with Crippen molar-refractivity contribution in [3.8, 4) is 23.0 Å². The molecule has 13 nitrogen and oxygen atoms in total. The fourth-order valence-corrected chi connectivity index (χ4v) is 3.55. The number of ether oxygens (including phenoxy) is 10. The summed E-state index contributed by atoms with van der Waals surface area (Å²) in [5.74, 6) is 1.87. The molecule has 0 saturated carbocycles. The number of carbonyl (C=O) groups excluding carboxylic acids is 1. The van der Waals surface area contributed by atoms with Gasteiger partial charge >= 0.3 is 0 Å². The summed E-state index contributed by atoms with van der Waals surface area (Å²) < 4.78 is 54.9. The molecule has 0 saturated heterocycles. The van der Waals surface area contributed by atoms with Crippen LogP contribution in [0, 0.1) is 0 Å². The number of carbonyl (C=O) groups is 1. The van der Waals surface area contributed by atoms with Gasteiger partial charge in [-0.25, -0.2) is 0 Å². The summed E-state index contributed by atoms with van der Waals surface area (Å²) in [7, 11) is 3.25. The minimum Gasteiger partial charge on any atom is -0.487 e. The third-order valence-corrected chi connectivity index (χ3v) is 5.51. The Morgan fingerprint density at radius 3 is 1.75 bits per heavy atom. The molecule has 0 bridgehead atoms. The number of hydrogen-bond donors (Lipinski definition) is 0. The maximum absolute atomic E-state index is 11.9. The van der Waals surface area contributed by atoms with Crippen molar-refractivity contribution in [3.05, 3.63) is 35.9 Å². The van der Waals surface area contributed by atoms with Crippen molar-refractivity contribution in [2.24, 2.45) is 10.2 Å². The molecule has 0 aromatic heterocycles. The molecule has 2 aromatic rings. The van der Waals surface area contributed by atoms with E-state index in [-0.39, 0.29) is 0 Å². The van der Waals surface area contributed by atoms with Crippen LogP contribution in [0.5, 0.6) is 23.0 Å². The average Bonchev–Trinajstić information content (AvgIpc) is 3.04. The van der Waals surface area contributed by atoms with Crippen LogP contribution in [0.25, 0.3) is 0 Å². The zero-order valence-electron chi connectivity index (χ0n) is 26.2. The van der Waals surface area contributed by atoms with Crippen molar-refractivity contribution < 1.29 is 52.2 Å². The summed E-state index contributed by atoms with van der Waals surface area (Å²) in [6, 6.07) is 8.42. The molecule has 0 atom stereocenters. The second-order valence-corrected chi connectivity index (χ2v) is 8.84. The van der Waals surface area contributed by atoms with Crippen molar-refractivity contribution in [1.29, 1.82) is 0 Å². The molecule has 13 heteroatoms. The van der Waals surface area contributed by atoms with Crippen LogP contribution < -0.4 is 18.9 Å². The van der Waals surface area contributed by atoms with E-state index in [1.807, 2.05) is 13.8 Å². The predicted octanol–water partition coefficient (Wildman–Crippen LogP) is 4.83. The number of aldehydes is 1. The molecule has 3 rings (SSSR count). The number of azo groups is 1. The molecule has 44 heavy (non-hydrogen) atoms. The van der Waals surface area contributed by atoms with Crippen LogP contribution in [-0.4, -0.2) is 113 Å². The lowest BCUT2D eigenvalue weighted by atomic mass is 10.1. The van der Waals surface area contributed by atoms with Gasteiger partial charge in [0, 0.05) is 45.1 Å². The normalized spacial score (nSPS) is 14.5. The Hall–Kier alpha value is -3.33. The van der Waals surface area contributed by atoms with E-state index in [0.717, 1.165) is 0 Å². The van der Waals surface area contributed by atoms with Gasteiger partial charge in [0.2, 0.25) is 0 Å². The maximum atomic E-state index is 11.9. The lowest BCUT2D eigenvalue weighted by molar-refractivity contribution is 0.00708. The first-order valence-electron chi connectivity index (χ1n) is 14.7. The van der Waals surface area contributed by atoms with Gasteiger partial charge in [-0.05, 0) is 32.0 Å². The first-order valence-corrected chi connectivity index (χ1v) is 14.7. The molecule has 0 amide bonds. The minimum absolute atomic E-state index is 0.298. The predicted molar refractivity (Wildman–Crippen MR) is 163 cm³/mol. The van der Waals surface area contributed by atoms with Gasteiger partial charge in [-0.3, -0.25) is 4.79 Å². The highest BCUT2D eigenvalue weighted by molar-refractivity contribution is 5.84. The van der Waals surface area contributed by atoms with E-state index in [1.54, 1.807) is 44.6 Å². The van der Waals surface area contributed by atoms with Crippen LogP contribution in [-0.2, 0) is 28.4 Å². The Kier molecular flexibility index (Phi) is 20.1. The van der Waals surface area contributed by atoms with Crippen LogP contribution in [0.2, 0.25) is 0 Å². The summed E-state index contributed by atoms with van der Waals surface area (Å²) >= 11 is 0. The van der Waals surface area contributed by atoms with E-state index >= 15 is 0 Å². The van der Waals surface area contributed by atoms with E-state index < -0.39 is 0 Å². The van der Waals surface area contributed by atoms with Crippen LogP contribution >= 0.6 is 0 Å². The Balaban J connectivity index is 0.00000216. The van der Waals surface area contributed by atoms with E-state index in [4.69, 9.17) is 42.6 Å². The molecule has 0 N–H and O–H groups in total. The second-order valence-electron chi connectivity index (χ2n) is 8.84. The molecular formula is C31H46N2O11. The van der Waals surface area contributed by atoms with Gasteiger partial charge in [-0.2, -0.15) is 5.11 Å². The quantitative estimate of drug-likeness (QED) is 0.173. The lowest BCUT2D eigenvalue weighted by Crippen LogP contribution is -2.13. The van der Waals surface area contributed by atoms with Crippen molar-refractivity contribution in [2.75, 3.05) is 107 Å². The number of benzene rings is 2. The average molecular weight is 623 g/mol. The third kappa shape index (κ3) is 14.9. The molecule has 2 aromatic carbocycles. The number of nitrogens with zero attached hydrogens (tertiary/aromatic N) is 2. The monoisotopic (exact) mass is 622 g/mol. The number of hydrogen-bond acceptors (Lipinski definition) is 13. The first-order chi connectivity index (χ1) is 21.7. The van der Waals surface area contributed by atoms with Crippen molar-refractivity contribution in [3.63, 3.8) is 0 Å². The Bertz CT molecular complexity index is 1080. The maximum Gasteiger partial charge on any atom is 0.163 e. The van der Waals surface area contributed by atoms with E-state index in [0.29, 0.717) is 139 Å². The molecule has 1 aliphatic rings. The Labute approximate surface area is 259 Å². The summed E-state index contributed by atoms with van der Waals surface area (Å²) in [5, 5.41) is 8.68. The number of methoxy groups -OCH3 is 1. The van der Waals surface area contributed by atoms with Gasteiger partial charge in [-0.1, -0.05) is 0 Å².